The van der Waals surface area contributed by atoms with E-state index in [2.05, 4.69) is 10.2 Å². The number of anilines is 1. The lowest BCUT2D eigenvalue weighted by atomic mass is 9.98. The van der Waals surface area contributed by atoms with E-state index in [-0.39, 0.29) is 23.5 Å². The number of non-ortho nitro benzene ring substituents is 1. The van der Waals surface area contributed by atoms with Crippen molar-refractivity contribution in [1.82, 2.24) is 4.90 Å². The summed E-state index contributed by atoms with van der Waals surface area (Å²) in [4.78, 5) is 36.4. The number of nitrogens with zero attached hydrogens (tertiary/aromatic N) is 2. The minimum Gasteiger partial charge on any atom is -0.466 e. The number of esters is 1. The zero-order valence-corrected chi connectivity index (χ0v) is 15.2. The highest BCUT2D eigenvalue weighted by molar-refractivity contribution is 5.91. The Labute approximate surface area is 152 Å². The quantitative estimate of drug-likeness (QED) is 0.454. The summed E-state index contributed by atoms with van der Waals surface area (Å²) in [5.41, 5.74) is 1.22. The number of piperidine rings is 1. The molecule has 1 heterocycles. The molecule has 26 heavy (non-hydrogen) atoms. The number of rotatable bonds is 7. The van der Waals surface area contributed by atoms with Gasteiger partial charge in [-0.2, -0.15) is 0 Å². The van der Waals surface area contributed by atoms with E-state index in [1.165, 1.54) is 12.1 Å². The van der Waals surface area contributed by atoms with E-state index in [9.17, 15) is 19.7 Å². The summed E-state index contributed by atoms with van der Waals surface area (Å²) in [6, 6.07) is 4.35. The van der Waals surface area contributed by atoms with E-state index in [1.807, 2.05) is 0 Å². The Hall–Kier alpha value is -2.48. The molecule has 8 nitrogen and oxygen atoms in total. The molecule has 1 aromatic carbocycles. The standard InChI is InChI=1S/C18H25N3O5/c1-3-26-18(23)14-5-4-9-20(12-14)10-8-17(22)19-16-7-6-15(21(24)25)11-13(16)2/h6-7,11,14H,3-5,8-10,12H2,1-2H3,(H,19,22). The molecule has 8 heteroatoms. The van der Waals surface area contributed by atoms with Crippen molar-refractivity contribution < 1.29 is 19.2 Å². The number of likely N-dealkylation sites (tertiary alicyclic amines) is 1. The molecule has 1 saturated heterocycles. The molecule has 0 saturated carbocycles. The molecule has 0 radical (unpaired) electrons. The lowest BCUT2D eigenvalue weighted by molar-refractivity contribution is -0.384. The van der Waals surface area contributed by atoms with E-state index in [4.69, 9.17) is 4.74 Å². The van der Waals surface area contributed by atoms with E-state index in [0.29, 0.717) is 37.4 Å². The number of aryl methyl sites for hydroxylation is 1. The molecule has 1 aliphatic heterocycles. The molecule has 1 N–H and O–H groups in total. The summed E-state index contributed by atoms with van der Waals surface area (Å²) in [5, 5.41) is 13.5. The Balaban J connectivity index is 1.83. The van der Waals surface area contributed by atoms with Crippen molar-refractivity contribution in [1.29, 1.82) is 0 Å². The van der Waals surface area contributed by atoms with Crippen LogP contribution in [-0.4, -0.2) is 47.9 Å². The maximum absolute atomic E-state index is 12.2. The lowest BCUT2D eigenvalue weighted by Gasteiger charge is -2.31. The monoisotopic (exact) mass is 363 g/mol. The second-order valence-corrected chi connectivity index (χ2v) is 6.45. The topological polar surface area (TPSA) is 102 Å². The second-order valence-electron chi connectivity index (χ2n) is 6.45. The highest BCUT2D eigenvalue weighted by Crippen LogP contribution is 2.22. The van der Waals surface area contributed by atoms with Crippen LogP contribution in [0.2, 0.25) is 0 Å². The van der Waals surface area contributed by atoms with Gasteiger partial charge in [0.1, 0.15) is 0 Å². The zero-order chi connectivity index (χ0) is 19.1. The van der Waals surface area contributed by atoms with Crippen LogP contribution in [0, 0.1) is 23.0 Å². The Morgan fingerprint density at radius 1 is 1.42 bits per heavy atom. The molecule has 1 fully saturated rings. The maximum Gasteiger partial charge on any atom is 0.310 e. The van der Waals surface area contributed by atoms with Crippen LogP contribution in [0.4, 0.5) is 11.4 Å². The fourth-order valence-electron chi connectivity index (χ4n) is 3.09. The van der Waals surface area contributed by atoms with Gasteiger partial charge < -0.3 is 15.0 Å². The van der Waals surface area contributed by atoms with Crippen LogP contribution >= 0.6 is 0 Å². The average Bonchev–Trinajstić information content (AvgIpc) is 2.62. The predicted molar refractivity (Wildman–Crippen MR) is 96.9 cm³/mol. The molecule has 2 rings (SSSR count). The smallest absolute Gasteiger partial charge is 0.310 e. The number of hydrogen-bond acceptors (Lipinski definition) is 6. The maximum atomic E-state index is 12.2. The van der Waals surface area contributed by atoms with Crippen LogP contribution in [0.5, 0.6) is 0 Å². The van der Waals surface area contributed by atoms with Crippen molar-refractivity contribution in [2.45, 2.75) is 33.1 Å². The van der Waals surface area contributed by atoms with Crippen LogP contribution in [-0.2, 0) is 14.3 Å². The average molecular weight is 363 g/mol. The Bertz CT molecular complexity index is 677. The van der Waals surface area contributed by atoms with Gasteiger partial charge in [0.2, 0.25) is 5.91 Å². The Kier molecular flexibility index (Phi) is 7.08. The summed E-state index contributed by atoms with van der Waals surface area (Å²) in [7, 11) is 0. The van der Waals surface area contributed by atoms with Crippen molar-refractivity contribution in [3.8, 4) is 0 Å². The summed E-state index contributed by atoms with van der Waals surface area (Å²) in [6.45, 7) is 5.93. The van der Waals surface area contributed by atoms with Crippen LogP contribution in [0.3, 0.4) is 0 Å². The van der Waals surface area contributed by atoms with Gasteiger partial charge in [0.25, 0.3) is 5.69 Å². The largest absolute Gasteiger partial charge is 0.466 e. The summed E-state index contributed by atoms with van der Waals surface area (Å²) < 4.78 is 5.08. The third-order valence-corrected chi connectivity index (χ3v) is 4.48. The molecular weight excluding hydrogens is 338 g/mol. The van der Waals surface area contributed by atoms with Crippen LogP contribution in [0.15, 0.2) is 18.2 Å². The van der Waals surface area contributed by atoms with Gasteiger partial charge in [-0.25, -0.2) is 0 Å². The second kappa shape index (κ2) is 9.28. The number of carbonyl (C=O) groups is 2. The van der Waals surface area contributed by atoms with Gasteiger partial charge >= 0.3 is 5.97 Å². The highest BCUT2D eigenvalue weighted by atomic mass is 16.6. The van der Waals surface area contributed by atoms with Gasteiger partial charge in [-0.1, -0.05) is 0 Å². The molecule has 0 aliphatic carbocycles. The lowest BCUT2D eigenvalue weighted by Crippen LogP contribution is -2.40. The molecule has 1 amide bonds. The first kappa shape index (κ1) is 19.8. The molecule has 0 bridgehead atoms. The molecule has 1 aliphatic rings. The van der Waals surface area contributed by atoms with Crippen molar-refractivity contribution in [3.63, 3.8) is 0 Å². The normalized spacial score (nSPS) is 17.5. The molecule has 0 aromatic heterocycles. The number of nitro benzene ring substituents is 1. The van der Waals surface area contributed by atoms with Crippen LogP contribution in [0.25, 0.3) is 0 Å². The summed E-state index contributed by atoms with van der Waals surface area (Å²) in [5.74, 6) is -0.438. The number of benzene rings is 1. The molecule has 1 unspecified atom stereocenters. The summed E-state index contributed by atoms with van der Waals surface area (Å²) >= 11 is 0. The molecule has 1 atom stereocenters. The van der Waals surface area contributed by atoms with Gasteiger partial charge in [-0.3, -0.25) is 19.7 Å². The molecule has 142 valence electrons. The van der Waals surface area contributed by atoms with Crippen molar-refractivity contribution in [3.05, 3.63) is 33.9 Å². The third-order valence-electron chi connectivity index (χ3n) is 4.48. The number of amides is 1. The van der Waals surface area contributed by atoms with Crippen molar-refractivity contribution in [2.75, 3.05) is 31.6 Å². The predicted octanol–water partition coefficient (Wildman–Crippen LogP) is 2.51. The zero-order valence-electron chi connectivity index (χ0n) is 15.2. The first-order valence-corrected chi connectivity index (χ1v) is 8.84. The van der Waals surface area contributed by atoms with Gasteiger partial charge in [0.05, 0.1) is 17.4 Å². The Morgan fingerprint density at radius 3 is 2.85 bits per heavy atom. The van der Waals surface area contributed by atoms with Crippen molar-refractivity contribution in [2.24, 2.45) is 5.92 Å². The van der Waals surface area contributed by atoms with Gasteiger partial charge in [0.15, 0.2) is 0 Å². The van der Waals surface area contributed by atoms with E-state index in [1.54, 1.807) is 19.9 Å². The summed E-state index contributed by atoms with van der Waals surface area (Å²) in [6.07, 6.45) is 2.03. The number of hydrogen-bond donors (Lipinski definition) is 1. The molecular formula is C18H25N3O5. The minimum atomic E-state index is -0.463. The SMILES string of the molecule is CCOC(=O)C1CCCN(CCC(=O)Nc2ccc([N+](=O)[O-])cc2C)C1. The molecule has 0 spiro atoms. The van der Waals surface area contributed by atoms with Crippen LogP contribution < -0.4 is 5.32 Å². The number of nitrogens with one attached hydrogen (secondary N) is 1. The molecule has 1 aromatic rings. The van der Waals surface area contributed by atoms with E-state index >= 15 is 0 Å². The van der Waals surface area contributed by atoms with Crippen LogP contribution in [0.1, 0.15) is 31.7 Å². The van der Waals surface area contributed by atoms with E-state index in [0.717, 1.165) is 19.4 Å². The highest BCUT2D eigenvalue weighted by Gasteiger charge is 2.26. The fraction of sp³-hybridized carbons (Fsp3) is 0.556. The first-order chi connectivity index (χ1) is 12.4. The number of nitro groups is 1. The fourth-order valence-corrected chi connectivity index (χ4v) is 3.09. The van der Waals surface area contributed by atoms with Gasteiger partial charge in [0, 0.05) is 37.3 Å². The number of carbonyl (C=O) groups excluding carboxylic acids is 2. The first-order valence-electron chi connectivity index (χ1n) is 8.84. The number of ether oxygens (including phenoxy) is 1. The minimum absolute atomic E-state index is 0.00109. The van der Waals surface area contributed by atoms with E-state index < -0.39 is 4.92 Å². The third kappa shape index (κ3) is 5.52. The van der Waals surface area contributed by atoms with Crippen molar-refractivity contribution >= 4 is 23.3 Å². The Morgan fingerprint density at radius 2 is 2.19 bits per heavy atom. The van der Waals surface area contributed by atoms with Gasteiger partial charge in [-0.05, 0) is 44.9 Å². The van der Waals surface area contributed by atoms with Gasteiger partial charge in [-0.15, -0.1) is 0 Å².